The normalized spacial score (nSPS) is 11.9. The highest BCUT2D eigenvalue weighted by atomic mass is 16.4. The standard InChI is InChI=1S/C15H18N4O3/c1-2-6-12(15(21)22)17-13(20)9-19-10-16-14(18-19)11-7-4-3-5-8-11/h3-5,7-8,10,12H,2,6,9H2,1H3,(H,17,20)(H,21,22). The highest BCUT2D eigenvalue weighted by molar-refractivity contribution is 5.83. The van der Waals surface area contributed by atoms with Crippen LogP contribution in [0, 0.1) is 0 Å². The van der Waals surface area contributed by atoms with Gasteiger partial charge in [-0.05, 0) is 6.42 Å². The monoisotopic (exact) mass is 302 g/mol. The second-order valence-electron chi connectivity index (χ2n) is 4.88. The van der Waals surface area contributed by atoms with Gasteiger partial charge in [0.05, 0.1) is 0 Å². The Balaban J connectivity index is 1.98. The van der Waals surface area contributed by atoms with Crippen LogP contribution in [0.2, 0.25) is 0 Å². The number of aromatic nitrogens is 3. The first-order chi connectivity index (χ1) is 10.6. The minimum absolute atomic E-state index is 0.0622. The maximum atomic E-state index is 11.9. The Kier molecular flexibility index (Phi) is 5.24. The van der Waals surface area contributed by atoms with Gasteiger partial charge in [0, 0.05) is 5.56 Å². The predicted molar refractivity (Wildman–Crippen MR) is 79.9 cm³/mol. The third-order valence-electron chi connectivity index (χ3n) is 3.08. The quantitative estimate of drug-likeness (QED) is 0.804. The smallest absolute Gasteiger partial charge is 0.326 e. The summed E-state index contributed by atoms with van der Waals surface area (Å²) in [7, 11) is 0. The summed E-state index contributed by atoms with van der Waals surface area (Å²) in [4.78, 5) is 27.0. The lowest BCUT2D eigenvalue weighted by Gasteiger charge is -2.13. The fraction of sp³-hybridized carbons (Fsp3) is 0.333. The summed E-state index contributed by atoms with van der Waals surface area (Å²) in [5, 5.41) is 15.7. The molecule has 0 radical (unpaired) electrons. The molecule has 0 saturated heterocycles. The van der Waals surface area contributed by atoms with Crippen LogP contribution in [-0.4, -0.2) is 37.8 Å². The van der Waals surface area contributed by atoms with E-state index in [0.717, 1.165) is 5.56 Å². The first-order valence-electron chi connectivity index (χ1n) is 7.07. The minimum atomic E-state index is -1.03. The van der Waals surface area contributed by atoms with E-state index in [2.05, 4.69) is 15.4 Å². The van der Waals surface area contributed by atoms with Crippen LogP contribution in [0.3, 0.4) is 0 Å². The van der Waals surface area contributed by atoms with Gasteiger partial charge in [-0.3, -0.25) is 4.79 Å². The Morgan fingerprint density at radius 3 is 2.68 bits per heavy atom. The van der Waals surface area contributed by atoms with E-state index >= 15 is 0 Å². The number of rotatable bonds is 7. The van der Waals surface area contributed by atoms with Crippen LogP contribution in [0.15, 0.2) is 36.7 Å². The molecule has 0 spiro atoms. The molecule has 2 aromatic rings. The average Bonchev–Trinajstić information content (AvgIpc) is 2.96. The lowest BCUT2D eigenvalue weighted by molar-refractivity contribution is -0.142. The Bertz CT molecular complexity index is 639. The van der Waals surface area contributed by atoms with Gasteiger partial charge in [0.2, 0.25) is 5.91 Å². The summed E-state index contributed by atoms with van der Waals surface area (Å²) in [5.74, 6) is -0.902. The van der Waals surface area contributed by atoms with Crippen molar-refractivity contribution in [1.82, 2.24) is 20.1 Å². The van der Waals surface area contributed by atoms with Crippen LogP contribution in [0.5, 0.6) is 0 Å². The Morgan fingerprint density at radius 1 is 1.32 bits per heavy atom. The van der Waals surface area contributed by atoms with Crippen molar-refractivity contribution in [2.75, 3.05) is 0 Å². The molecule has 0 saturated carbocycles. The summed E-state index contributed by atoms with van der Waals surface area (Å²) >= 11 is 0. The zero-order chi connectivity index (χ0) is 15.9. The first kappa shape index (κ1) is 15.7. The fourth-order valence-electron chi connectivity index (χ4n) is 2.02. The number of carbonyl (C=O) groups excluding carboxylic acids is 1. The van der Waals surface area contributed by atoms with E-state index in [1.165, 1.54) is 11.0 Å². The van der Waals surface area contributed by atoms with Gasteiger partial charge in [0.1, 0.15) is 18.9 Å². The molecule has 2 rings (SSSR count). The van der Waals surface area contributed by atoms with Crippen molar-refractivity contribution in [3.05, 3.63) is 36.7 Å². The number of hydrogen-bond acceptors (Lipinski definition) is 4. The maximum Gasteiger partial charge on any atom is 0.326 e. The van der Waals surface area contributed by atoms with E-state index in [4.69, 9.17) is 5.11 Å². The van der Waals surface area contributed by atoms with Crippen LogP contribution in [0.25, 0.3) is 11.4 Å². The van der Waals surface area contributed by atoms with Gasteiger partial charge >= 0.3 is 5.97 Å². The number of carboxylic acid groups (broad SMARTS) is 1. The highest BCUT2D eigenvalue weighted by Crippen LogP contribution is 2.12. The molecule has 1 aromatic heterocycles. The zero-order valence-corrected chi connectivity index (χ0v) is 12.3. The predicted octanol–water partition coefficient (Wildman–Crippen LogP) is 1.31. The van der Waals surface area contributed by atoms with E-state index in [1.807, 2.05) is 37.3 Å². The molecular formula is C15H18N4O3. The number of nitrogens with one attached hydrogen (secondary N) is 1. The number of hydrogen-bond donors (Lipinski definition) is 2. The molecule has 22 heavy (non-hydrogen) atoms. The molecule has 1 amide bonds. The molecule has 7 heteroatoms. The summed E-state index contributed by atoms with van der Waals surface area (Å²) in [6.07, 6.45) is 2.53. The Labute approximate surface area is 128 Å². The molecule has 116 valence electrons. The third-order valence-corrected chi connectivity index (χ3v) is 3.08. The largest absolute Gasteiger partial charge is 0.480 e. The molecule has 1 aromatic carbocycles. The summed E-state index contributed by atoms with van der Waals surface area (Å²) < 4.78 is 1.39. The lowest BCUT2D eigenvalue weighted by Crippen LogP contribution is -2.42. The van der Waals surface area contributed by atoms with Crippen LogP contribution >= 0.6 is 0 Å². The maximum absolute atomic E-state index is 11.9. The highest BCUT2D eigenvalue weighted by Gasteiger charge is 2.19. The fourth-order valence-corrected chi connectivity index (χ4v) is 2.02. The summed E-state index contributed by atoms with van der Waals surface area (Å²) in [5.41, 5.74) is 0.857. The second-order valence-corrected chi connectivity index (χ2v) is 4.88. The first-order valence-corrected chi connectivity index (χ1v) is 7.07. The van der Waals surface area contributed by atoms with Crippen molar-refractivity contribution in [3.63, 3.8) is 0 Å². The van der Waals surface area contributed by atoms with E-state index < -0.39 is 17.9 Å². The van der Waals surface area contributed by atoms with Crippen molar-refractivity contribution in [3.8, 4) is 11.4 Å². The minimum Gasteiger partial charge on any atom is -0.480 e. The van der Waals surface area contributed by atoms with Crippen molar-refractivity contribution in [2.24, 2.45) is 0 Å². The molecule has 0 aliphatic heterocycles. The molecule has 1 atom stereocenters. The van der Waals surface area contributed by atoms with Gasteiger partial charge in [-0.25, -0.2) is 14.5 Å². The van der Waals surface area contributed by atoms with Crippen LogP contribution in [-0.2, 0) is 16.1 Å². The number of amides is 1. The van der Waals surface area contributed by atoms with Gasteiger partial charge in [-0.1, -0.05) is 43.7 Å². The average molecular weight is 302 g/mol. The van der Waals surface area contributed by atoms with Gasteiger partial charge < -0.3 is 10.4 Å². The van der Waals surface area contributed by atoms with Gasteiger partial charge in [-0.15, -0.1) is 0 Å². The lowest BCUT2D eigenvalue weighted by atomic mass is 10.1. The van der Waals surface area contributed by atoms with Gasteiger partial charge in [-0.2, -0.15) is 5.10 Å². The number of aliphatic carboxylic acids is 1. The number of carboxylic acids is 1. The molecule has 7 nitrogen and oxygen atoms in total. The SMILES string of the molecule is CCCC(NC(=O)Cn1cnc(-c2ccccc2)n1)C(=O)O. The number of carbonyl (C=O) groups is 2. The van der Waals surface area contributed by atoms with E-state index in [0.29, 0.717) is 18.7 Å². The van der Waals surface area contributed by atoms with Gasteiger partial charge in [0.25, 0.3) is 0 Å². The van der Waals surface area contributed by atoms with Crippen LogP contribution < -0.4 is 5.32 Å². The topological polar surface area (TPSA) is 97.1 Å². The number of nitrogens with zero attached hydrogens (tertiary/aromatic N) is 3. The van der Waals surface area contributed by atoms with Crippen molar-refractivity contribution < 1.29 is 14.7 Å². The van der Waals surface area contributed by atoms with Crippen molar-refractivity contribution in [1.29, 1.82) is 0 Å². The van der Waals surface area contributed by atoms with Crippen molar-refractivity contribution >= 4 is 11.9 Å². The third kappa shape index (κ3) is 4.15. The van der Waals surface area contributed by atoms with Crippen LogP contribution in [0.1, 0.15) is 19.8 Å². The zero-order valence-electron chi connectivity index (χ0n) is 12.3. The molecule has 1 heterocycles. The van der Waals surface area contributed by atoms with Gasteiger partial charge in [0.15, 0.2) is 5.82 Å². The van der Waals surface area contributed by atoms with E-state index in [-0.39, 0.29) is 6.54 Å². The van der Waals surface area contributed by atoms with E-state index in [9.17, 15) is 9.59 Å². The Morgan fingerprint density at radius 2 is 2.05 bits per heavy atom. The summed E-state index contributed by atoms with van der Waals surface area (Å²) in [6, 6.07) is 8.54. The summed E-state index contributed by atoms with van der Waals surface area (Å²) in [6.45, 7) is 1.80. The molecule has 0 fully saturated rings. The molecule has 2 N–H and O–H groups in total. The molecule has 0 aliphatic rings. The molecule has 1 unspecified atom stereocenters. The molecule has 0 bridgehead atoms. The molecular weight excluding hydrogens is 284 g/mol. The second kappa shape index (κ2) is 7.35. The van der Waals surface area contributed by atoms with Crippen molar-refractivity contribution in [2.45, 2.75) is 32.4 Å². The van der Waals surface area contributed by atoms with Crippen LogP contribution in [0.4, 0.5) is 0 Å². The van der Waals surface area contributed by atoms with E-state index in [1.54, 1.807) is 0 Å². The Hall–Kier alpha value is -2.70. The molecule has 0 aliphatic carbocycles. The number of benzene rings is 1.